The van der Waals surface area contributed by atoms with Gasteiger partial charge in [-0.3, -0.25) is 0 Å². The summed E-state index contributed by atoms with van der Waals surface area (Å²) < 4.78 is 103. The molecule has 354 valence electrons. The average Bonchev–Trinajstić information content (AvgIpc) is 3.35. The van der Waals surface area contributed by atoms with Gasteiger partial charge in [-0.2, -0.15) is 0 Å². The van der Waals surface area contributed by atoms with Gasteiger partial charge in [-0.15, -0.1) is 0 Å². The van der Waals surface area contributed by atoms with E-state index >= 15 is 8.78 Å². The van der Waals surface area contributed by atoms with Crippen molar-refractivity contribution < 1.29 is 50.5 Å². The van der Waals surface area contributed by atoms with E-state index in [2.05, 4.69) is 40.7 Å². The Hall–Kier alpha value is -3.83. The molecule has 6 rings (SSSR count). The van der Waals surface area contributed by atoms with Gasteiger partial charge in [-0.25, -0.2) is 0 Å². The first-order valence-corrected chi connectivity index (χ1v) is 30.3. The van der Waals surface area contributed by atoms with E-state index in [1.807, 2.05) is 46.4 Å². The number of nitrogens with one attached hydrogen (secondary N) is 1. The van der Waals surface area contributed by atoms with E-state index in [-0.39, 0.29) is 22.3 Å². The number of fused-ring (bicyclic) bond motifs is 5. The summed E-state index contributed by atoms with van der Waals surface area (Å²) in [5.41, 5.74) is -3.53. The molecule has 5 heterocycles. The van der Waals surface area contributed by atoms with E-state index in [1.54, 1.807) is 20.8 Å². The zero-order valence-corrected chi connectivity index (χ0v) is 42.4. The van der Waals surface area contributed by atoms with E-state index in [0.29, 0.717) is 36.8 Å². The van der Waals surface area contributed by atoms with Crippen LogP contribution in [0.1, 0.15) is 133 Å². The summed E-state index contributed by atoms with van der Waals surface area (Å²) >= 11 is -3.65. The molecule has 3 aliphatic rings. The Morgan fingerprint density at radius 1 is 0.922 bits per heavy atom. The fraction of sp³-hybridized carbons (Fsp3) is 0.660. The molecule has 0 saturated carbocycles. The number of ether oxygens (including phenoxy) is 4. The van der Waals surface area contributed by atoms with Crippen LogP contribution in [0.3, 0.4) is 0 Å². The van der Waals surface area contributed by atoms with Crippen molar-refractivity contribution in [2.24, 2.45) is 0 Å². The van der Waals surface area contributed by atoms with Crippen molar-refractivity contribution in [3.8, 4) is 22.9 Å². The third-order valence-electron chi connectivity index (χ3n) is 12.8. The molecule has 2 bridgehead atoms. The zero-order valence-electron chi connectivity index (χ0n) is 39.5. The number of hydrogen-bond donors (Lipinski definition) is 1. The third-order valence-corrected chi connectivity index (χ3v) is 28.2. The van der Waals surface area contributed by atoms with Crippen molar-refractivity contribution in [1.29, 1.82) is 0 Å². The van der Waals surface area contributed by atoms with Crippen LogP contribution in [0.4, 0.5) is 43.0 Å². The van der Waals surface area contributed by atoms with Crippen LogP contribution >= 0.6 is 0 Å². The third kappa shape index (κ3) is 10.1. The number of aromatic nitrogens is 2. The van der Waals surface area contributed by atoms with Gasteiger partial charge in [-0.05, 0) is 20.8 Å². The van der Waals surface area contributed by atoms with Crippen LogP contribution in [0.15, 0.2) is 12.1 Å². The first-order valence-electron chi connectivity index (χ1n) is 22.9. The average molecular weight is 1010 g/mol. The maximum atomic E-state index is 18.3. The van der Waals surface area contributed by atoms with Crippen molar-refractivity contribution >= 4 is 56.6 Å². The molecule has 3 aliphatic heterocycles. The Bertz CT molecular complexity index is 2220. The number of rotatable bonds is 13. The summed E-state index contributed by atoms with van der Waals surface area (Å²) in [5.74, 6) is -3.49. The second-order valence-electron chi connectivity index (χ2n) is 20.2. The zero-order chi connectivity index (χ0) is 47.3. The van der Waals surface area contributed by atoms with Gasteiger partial charge in [0.15, 0.2) is 0 Å². The van der Waals surface area contributed by atoms with Crippen molar-refractivity contribution in [3.63, 3.8) is 0 Å². The van der Waals surface area contributed by atoms with Gasteiger partial charge in [0, 0.05) is 0 Å². The summed E-state index contributed by atoms with van der Waals surface area (Å²) in [5, 5.41) is 2.71. The number of pyridine rings is 2. The molecule has 2 amide bonds. The summed E-state index contributed by atoms with van der Waals surface area (Å²) in [6, 6.07) is 0.721. The Balaban J connectivity index is 1.70. The number of piperazine rings is 1. The normalized spacial score (nSPS) is 21.0. The van der Waals surface area contributed by atoms with Crippen LogP contribution in [-0.2, 0) is 9.47 Å². The molecule has 64 heavy (non-hydrogen) atoms. The van der Waals surface area contributed by atoms with E-state index in [0.717, 1.165) is 61.6 Å². The molecule has 0 radical (unpaired) electrons. The number of halogens is 5. The molecule has 2 fully saturated rings. The molecule has 0 unspecified atom stereocenters. The number of benzene rings is 1. The molecule has 0 aliphatic carbocycles. The van der Waals surface area contributed by atoms with Gasteiger partial charge in [0.1, 0.15) is 0 Å². The predicted octanol–water partition coefficient (Wildman–Crippen LogP) is 12.3. The minimum absolute atomic E-state index is 0.0781. The summed E-state index contributed by atoms with van der Waals surface area (Å²) in [6.07, 6.45) is -0.469. The number of alkyl halides is 3. The Kier molecular flexibility index (Phi) is 14.3. The van der Waals surface area contributed by atoms with Crippen LogP contribution in [-0.4, -0.2) is 93.3 Å². The molecule has 11 nitrogen and oxygen atoms in total. The number of hydrogen-bond acceptors (Lipinski definition) is 9. The van der Waals surface area contributed by atoms with Crippen molar-refractivity contribution in [2.45, 2.75) is 189 Å². The standard InChI is InChI=1S/C35H39F5N5O6.3C4H9.Sn/c1-16-14-41-28-23-22(16)24(37)25(19-12-18(42-30(46)50-32(3,4)5)13-20(36)27(19)49-35(38,39)40)43-29(23)48-17(2)26-21-10-11-34(9,15-44(26)28)45(21)31(47)51-33(6,7)8;3*1-3-4-2;/h12-13,17,21,26H,10-11,15H2,1-9H3,(H,42,46);3*1,3-4H2,2H3;/t17-,21-,26+,34+;;;;/m0..../s1. The van der Waals surface area contributed by atoms with Crippen molar-refractivity contribution in [1.82, 2.24) is 14.9 Å². The molecule has 1 N–H and O–H groups in total. The minimum atomic E-state index is -5.38. The number of carbonyl (C=O) groups is 2. The van der Waals surface area contributed by atoms with Crippen LogP contribution in [0.25, 0.3) is 22.0 Å². The quantitative estimate of drug-likeness (QED) is 0.132. The Labute approximate surface area is 378 Å². The van der Waals surface area contributed by atoms with E-state index in [1.165, 1.54) is 0 Å². The number of anilines is 2. The molecule has 1 aromatic carbocycles. The Morgan fingerprint density at radius 3 is 2.06 bits per heavy atom. The number of carbonyl (C=O) groups excluding carboxylic acids is 2. The summed E-state index contributed by atoms with van der Waals surface area (Å²) in [7, 11) is 0. The summed E-state index contributed by atoms with van der Waals surface area (Å²) in [6.45, 7) is 22.8. The van der Waals surface area contributed by atoms with Gasteiger partial charge in [0.25, 0.3) is 0 Å². The maximum absolute atomic E-state index is 18.3. The second kappa shape index (κ2) is 18.4. The van der Waals surface area contributed by atoms with Gasteiger partial charge in [-0.1, -0.05) is 0 Å². The predicted molar refractivity (Wildman–Crippen MR) is 241 cm³/mol. The van der Waals surface area contributed by atoms with E-state index in [9.17, 15) is 22.8 Å². The Morgan fingerprint density at radius 2 is 1.52 bits per heavy atom. The van der Waals surface area contributed by atoms with Gasteiger partial charge in [0.2, 0.25) is 0 Å². The number of nitrogens with zero attached hydrogens (tertiary/aromatic N) is 4. The summed E-state index contributed by atoms with van der Waals surface area (Å²) in [4.78, 5) is 41.3. The molecular weight excluding hydrogens is 944 g/mol. The first-order chi connectivity index (χ1) is 29.8. The van der Waals surface area contributed by atoms with Gasteiger partial charge >= 0.3 is 359 Å². The van der Waals surface area contributed by atoms with Gasteiger partial charge < -0.3 is 0 Å². The van der Waals surface area contributed by atoms with Crippen molar-refractivity contribution in [2.75, 3.05) is 16.8 Å². The van der Waals surface area contributed by atoms with Crippen LogP contribution in [0.5, 0.6) is 11.6 Å². The second-order valence-corrected chi connectivity index (χ2v) is 33.2. The van der Waals surface area contributed by atoms with Crippen LogP contribution in [0, 0.1) is 18.6 Å². The molecule has 0 spiro atoms. The topological polar surface area (TPSA) is 115 Å². The van der Waals surface area contributed by atoms with Crippen LogP contribution in [0.2, 0.25) is 13.3 Å². The number of aryl methyl sites for hydroxylation is 1. The molecule has 4 atom stereocenters. The monoisotopic (exact) mass is 1010 g/mol. The van der Waals surface area contributed by atoms with Gasteiger partial charge in [0.05, 0.1) is 0 Å². The number of unbranched alkanes of at least 4 members (excludes halogenated alkanes) is 3. The SMILES string of the molecule is CCC[CH2][Sn]([CH2]CCC)([CH2]CCC)[c]1nc2c3c(nc(-c4cc(NC(=O)OC(C)(C)C)cc(F)c4OC(F)(F)F)c(F)c3c1C)O[C@@H](C)[C@@H]1[C@@H]3CC[C@](C)(CN21)N3C(=O)OC(C)(C)C. The molecular formula is C47H66F5N5O6Sn. The van der Waals surface area contributed by atoms with E-state index < -0.39 is 100 Å². The van der Waals surface area contributed by atoms with E-state index in [4.69, 9.17) is 19.2 Å². The van der Waals surface area contributed by atoms with Crippen molar-refractivity contribution in [3.05, 3.63) is 29.3 Å². The molecule has 2 saturated heterocycles. The first kappa shape index (κ1) is 49.6. The fourth-order valence-electron chi connectivity index (χ4n) is 10.2. The molecule has 17 heteroatoms. The molecule has 3 aromatic rings. The van der Waals surface area contributed by atoms with Crippen LogP contribution < -0.4 is 23.4 Å². The fourth-order valence-corrected chi connectivity index (χ4v) is 26.8. The molecule has 2 aromatic heterocycles. The number of amides is 2.